The molecular formula is C11H7F10N. The molecule has 126 valence electrons. The minimum Gasteiger partial charge on any atom is -0.379 e. The highest BCUT2D eigenvalue weighted by atomic mass is 19.4. The van der Waals surface area contributed by atoms with Crippen molar-refractivity contribution < 1.29 is 43.9 Å². The van der Waals surface area contributed by atoms with E-state index in [1.807, 2.05) is 0 Å². The molecule has 0 aliphatic rings. The normalized spacial score (nSPS) is 14.1. The minimum absolute atomic E-state index is 0.307. The van der Waals surface area contributed by atoms with E-state index < -0.39 is 42.0 Å². The van der Waals surface area contributed by atoms with E-state index in [2.05, 4.69) is 0 Å². The summed E-state index contributed by atoms with van der Waals surface area (Å²) in [7, 11) is 0. The van der Waals surface area contributed by atoms with Crippen molar-refractivity contribution >= 4 is 5.69 Å². The van der Waals surface area contributed by atoms with Crippen LogP contribution >= 0.6 is 0 Å². The molecule has 0 fully saturated rings. The first-order valence-electron chi connectivity index (χ1n) is 5.42. The molecule has 0 saturated heterocycles. The maximum absolute atomic E-state index is 13.0. The van der Waals surface area contributed by atoms with Crippen LogP contribution in [0.25, 0.3) is 0 Å². The van der Waals surface area contributed by atoms with Gasteiger partial charge in [0.25, 0.3) is 0 Å². The van der Waals surface area contributed by atoms with Crippen LogP contribution in [0.15, 0.2) is 24.3 Å². The largest absolute Gasteiger partial charge is 0.459 e. The second-order valence-electron chi connectivity index (χ2n) is 4.21. The quantitative estimate of drug-likeness (QED) is 0.763. The molecule has 0 bridgehead atoms. The van der Waals surface area contributed by atoms with Crippen LogP contribution in [0.2, 0.25) is 0 Å². The maximum atomic E-state index is 13.0. The molecule has 0 radical (unpaired) electrons. The molecule has 11 heteroatoms. The van der Waals surface area contributed by atoms with E-state index in [1.165, 1.54) is 5.32 Å². The van der Waals surface area contributed by atoms with Crippen molar-refractivity contribution in [1.29, 1.82) is 0 Å². The first-order chi connectivity index (χ1) is 9.68. The Bertz CT molecular complexity index is 516. The SMILES string of the molecule is FC(F)(F)c1cccc(NCC(F)(F)C(F)(F)C(F)(F)F)c1. The van der Waals surface area contributed by atoms with Crippen molar-refractivity contribution in [2.24, 2.45) is 0 Å². The predicted octanol–water partition coefficient (Wildman–Crippen LogP) is 4.95. The van der Waals surface area contributed by atoms with Crippen molar-refractivity contribution in [2.75, 3.05) is 11.9 Å². The molecule has 0 unspecified atom stereocenters. The molecule has 0 aliphatic carbocycles. The van der Waals surface area contributed by atoms with Crippen LogP contribution in [0.3, 0.4) is 0 Å². The van der Waals surface area contributed by atoms with E-state index in [4.69, 9.17) is 0 Å². The van der Waals surface area contributed by atoms with Crippen LogP contribution in [-0.4, -0.2) is 24.6 Å². The summed E-state index contributed by atoms with van der Waals surface area (Å²) in [6.07, 6.45) is -11.3. The number of benzene rings is 1. The summed E-state index contributed by atoms with van der Waals surface area (Å²) >= 11 is 0. The fourth-order valence-corrected chi connectivity index (χ4v) is 1.34. The van der Waals surface area contributed by atoms with Gasteiger partial charge in [-0.15, -0.1) is 0 Å². The lowest BCUT2D eigenvalue weighted by atomic mass is 10.1. The predicted molar refractivity (Wildman–Crippen MR) is 55.9 cm³/mol. The van der Waals surface area contributed by atoms with E-state index in [-0.39, 0.29) is 0 Å². The molecule has 1 nitrogen and oxygen atoms in total. The molecule has 0 aliphatic heterocycles. The Kier molecular flexibility index (Phi) is 4.60. The minimum atomic E-state index is -6.49. The monoisotopic (exact) mass is 343 g/mol. The van der Waals surface area contributed by atoms with E-state index >= 15 is 0 Å². The highest BCUT2D eigenvalue weighted by Crippen LogP contribution is 2.46. The fourth-order valence-electron chi connectivity index (χ4n) is 1.34. The smallest absolute Gasteiger partial charge is 0.379 e. The van der Waals surface area contributed by atoms with Gasteiger partial charge in [-0.05, 0) is 18.2 Å². The fraction of sp³-hybridized carbons (Fsp3) is 0.455. The molecule has 0 amide bonds. The Morgan fingerprint density at radius 3 is 1.82 bits per heavy atom. The third kappa shape index (κ3) is 3.74. The molecule has 0 saturated carbocycles. The van der Waals surface area contributed by atoms with Gasteiger partial charge in [-0.2, -0.15) is 43.9 Å². The Morgan fingerprint density at radius 1 is 0.818 bits per heavy atom. The summed E-state index contributed by atoms with van der Waals surface area (Å²) in [5, 5.41) is 1.45. The van der Waals surface area contributed by atoms with E-state index in [1.54, 1.807) is 0 Å². The van der Waals surface area contributed by atoms with Crippen molar-refractivity contribution in [1.82, 2.24) is 0 Å². The molecule has 1 aromatic rings. The van der Waals surface area contributed by atoms with Gasteiger partial charge in [0.2, 0.25) is 0 Å². The summed E-state index contributed by atoms with van der Waals surface area (Å²) < 4.78 is 124. The van der Waals surface area contributed by atoms with Gasteiger partial charge in [-0.1, -0.05) is 6.07 Å². The van der Waals surface area contributed by atoms with Gasteiger partial charge in [0, 0.05) is 5.69 Å². The first-order valence-corrected chi connectivity index (χ1v) is 5.42. The Labute approximate surface area is 116 Å². The standard InChI is InChI=1S/C11H7F10N/c12-8(13,10(17,18)11(19,20)21)5-22-7-3-1-2-6(4-7)9(14,15)16/h1-4,22H,5H2. The lowest BCUT2D eigenvalue weighted by molar-refractivity contribution is -0.350. The van der Waals surface area contributed by atoms with E-state index in [0.29, 0.717) is 12.1 Å². The molecule has 1 aromatic carbocycles. The van der Waals surface area contributed by atoms with Gasteiger partial charge < -0.3 is 5.32 Å². The zero-order valence-corrected chi connectivity index (χ0v) is 10.3. The number of alkyl halides is 10. The lowest BCUT2D eigenvalue weighted by Crippen LogP contribution is -2.55. The van der Waals surface area contributed by atoms with Crippen LogP contribution in [0.4, 0.5) is 49.6 Å². The Hall–Kier alpha value is -1.68. The third-order valence-electron chi connectivity index (χ3n) is 2.52. The molecule has 1 N–H and O–H groups in total. The highest BCUT2D eigenvalue weighted by molar-refractivity contribution is 5.46. The summed E-state index contributed by atoms with van der Waals surface area (Å²) in [6.45, 7) is -2.19. The summed E-state index contributed by atoms with van der Waals surface area (Å²) in [5.41, 5.74) is -1.95. The zero-order valence-electron chi connectivity index (χ0n) is 10.3. The second kappa shape index (κ2) is 5.51. The van der Waals surface area contributed by atoms with Crippen LogP contribution < -0.4 is 5.32 Å². The Balaban J connectivity index is 2.90. The van der Waals surface area contributed by atoms with Crippen molar-refractivity contribution in [3.63, 3.8) is 0 Å². The number of rotatable bonds is 4. The van der Waals surface area contributed by atoms with Crippen LogP contribution in [0.1, 0.15) is 5.56 Å². The molecule has 0 aromatic heterocycles. The molecule has 0 spiro atoms. The summed E-state index contributed by atoms with van der Waals surface area (Å²) in [5.74, 6) is -11.9. The van der Waals surface area contributed by atoms with Gasteiger partial charge in [-0.25, -0.2) is 0 Å². The molecule has 1 rings (SSSR count). The van der Waals surface area contributed by atoms with Gasteiger partial charge in [0.05, 0.1) is 12.1 Å². The average Bonchev–Trinajstić information content (AvgIpc) is 2.34. The van der Waals surface area contributed by atoms with Crippen LogP contribution in [-0.2, 0) is 6.18 Å². The number of nitrogens with one attached hydrogen (secondary N) is 1. The topological polar surface area (TPSA) is 12.0 Å². The first kappa shape index (κ1) is 18.4. The second-order valence-corrected chi connectivity index (χ2v) is 4.21. The summed E-state index contributed by atoms with van der Waals surface area (Å²) in [6, 6.07) is 2.48. The van der Waals surface area contributed by atoms with Gasteiger partial charge in [-0.3, -0.25) is 0 Å². The highest BCUT2D eigenvalue weighted by Gasteiger charge is 2.72. The third-order valence-corrected chi connectivity index (χ3v) is 2.52. The average molecular weight is 343 g/mol. The van der Waals surface area contributed by atoms with Crippen molar-refractivity contribution in [3.8, 4) is 0 Å². The zero-order chi connectivity index (χ0) is 17.4. The Morgan fingerprint density at radius 2 is 1.36 bits per heavy atom. The molecule has 22 heavy (non-hydrogen) atoms. The van der Waals surface area contributed by atoms with Crippen molar-refractivity contribution in [2.45, 2.75) is 24.2 Å². The van der Waals surface area contributed by atoms with Crippen LogP contribution in [0, 0.1) is 0 Å². The number of halogens is 10. The molecular weight excluding hydrogens is 336 g/mol. The summed E-state index contributed by atoms with van der Waals surface area (Å²) in [4.78, 5) is 0. The van der Waals surface area contributed by atoms with E-state index in [0.717, 1.165) is 12.1 Å². The van der Waals surface area contributed by atoms with Gasteiger partial charge >= 0.3 is 24.2 Å². The van der Waals surface area contributed by atoms with Crippen LogP contribution in [0.5, 0.6) is 0 Å². The lowest BCUT2D eigenvalue weighted by Gasteiger charge is -2.28. The van der Waals surface area contributed by atoms with Gasteiger partial charge in [0.1, 0.15) is 0 Å². The van der Waals surface area contributed by atoms with Gasteiger partial charge in [0.15, 0.2) is 0 Å². The molecule has 0 heterocycles. The number of anilines is 1. The van der Waals surface area contributed by atoms with E-state index in [9.17, 15) is 43.9 Å². The number of hydrogen-bond acceptors (Lipinski definition) is 1. The molecule has 0 atom stereocenters. The number of hydrogen-bond donors (Lipinski definition) is 1. The maximum Gasteiger partial charge on any atom is 0.459 e. The van der Waals surface area contributed by atoms with Crippen molar-refractivity contribution in [3.05, 3.63) is 29.8 Å².